The smallest absolute Gasteiger partial charge is 0.251 e. The third kappa shape index (κ3) is 6.23. The summed E-state index contributed by atoms with van der Waals surface area (Å²) in [7, 11) is 0. The number of nitrogens with two attached hydrogens (primary N) is 1. The quantitative estimate of drug-likeness (QED) is 0.481. The van der Waals surface area contributed by atoms with Gasteiger partial charge in [-0.05, 0) is 32.4 Å². The highest BCUT2D eigenvalue weighted by Gasteiger charge is 2.08. The number of nitrogens with one attached hydrogen (secondary N) is 1. The lowest BCUT2D eigenvalue weighted by Gasteiger charge is -2.09. The number of rotatable bonds is 4. The van der Waals surface area contributed by atoms with Crippen molar-refractivity contribution in [3.05, 3.63) is 47.6 Å². The zero-order valence-electron chi connectivity index (χ0n) is 13.2. The lowest BCUT2D eigenvalue weighted by Crippen LogP contribution is -2.15. The van der Waals surface area contributed by atoms with Crippen molar-refractivity contribution in [3.8, 4) is 0 Å². The predicted molar refractivity (Wildman–Crippen MR) is 88.6 cm³/mol. The first-order valence-corrected chi connectivity index (χ1v) is 7.04. The molecule has 0 aromatic heterocycles. The number of benzene rings is 1. The van der Waals surface area contributed by atoms with Gasteiger partial charge in [0.2, 0.25) is 0 Å². The van der Waals surface area contributed by atoms with Crippen LogP contribution in [-0.2, 0) is 4.79 Å². The van der Waals surface area contributed by atoms with Gasteiger partial charge in [-0.2, -0.15) is 0 Å². The summed E-state index contributed by atoms with van der Waals surface area (Å²) < 4.78 is 0. The van der Waals surface area contributed by atoms with Crippen molar-refractivity contribution in [1.82, 2.24) is 0 Å². The van der Waals surface area contributed by atoms with Gasteiger partial charge in [0.1, 0.15) is 0 Å². The first kappa shape index (κ1) is 18.0. The van der Waals surface area contributed by atoms with E-state index in [0.29, 0.717) is 17.8 Å². The molecule has 0 heterocycles. The fraction of sp³-hybridized carbons (Fsp3) is 0.353. The topological polar surface area (TPSA) is 55.1 Å². The van der Waals surface area contributed by atoms with Crippen LogP contribution in [0.1, 0.15) is 41.0 Å². The maximum Gasteiger partial charge on any atom is 0.251 e. The first-order chi connectivity index (χ1) is 9.54. The van der Waals surface area contributed by atoms with Crippen LogP contribution in [0.2, 0.25) is 0 Å². The molecule has 1 rings (SSSR count). The molecular weight excluding hydrogens is 248 g/mol. The van der Waals surface area contributed by atoms with Gasteiger partial charge in [-0.15, -0.1) is 0 Å². The van der Waals surface area contributed by atoms with Gasteiger partial charge in [0, 0.05) is 5.57 Å². The maximum absolute atomic E-state index is 12.0. The Kier molecular flexibility index (Phi) is 8.84. The van der Waals surface area contributed by atoms with Crippen molar-refractivity contribution in [3.63, 3.8) is 0 Å². The highest BCUT2D eigenvalue weighted by atomic mass is 16.1. The van der Waals surface area contributed by atoms with Crippen molar-refractivity contribution >= 4 is 17.3 Å². The standard InChI is InChI=1S/C15H20N2O.C2H6/c1-4-12(10-9-11(2)3)15(18)17-14-8-6-5-7-13(14)16;1-2/h5-10H,4,16H2,1-3H3,(H,17,18);1-2H3/b12-10+;. The Labute approximate surface area is 122 Å². The zero-order chi connectivity index (χ0) is 15.5. The molecule has 0 radical (unpaired) electrons. The lowest BCUT2D eigenvalue weighted by atomic mass is 10.1. The number of anilines is 2. The van der Waals surface area contributed by atoms with E-state index >= 15 is 0 Å². The predicted octanol–water partition coefficient (Wildman–Crippen LogP) is 4.54. The second-order valence-corrected chi connectivity index (χ2v) is 4.33. The fourth-order valence-corrected chi connectivity index (χ4v) is 1.43. The molecule has 3 heteroatoms. The number of carbonyl (C=O) groups excluding carboxylic acids is 1. The van der Waals surface area contributed by atoms with E-state index in [1.54, 1.807) is 12.1 Å². The molecule has 0 unspecified atom stereocenters. The van der Waals surface area contributed by atoms with Crippen LogP contribution in [-0.4, -0.2) is 5.91 Å². The van der Waals surface area contributed by atoms with E-state index in [9.17, 15) is 4.79 Å². The average Bonchev–Trinajstić information content (AvgIpc) is 2.44. The van der Waals surface area contributed by atoms with E-state index in [0.717, 1.165) is 11.1 Å². The summed E-state index contributed by atoms with van der Waals surface area (Å²) in [6, 6.07) is 7.24. The Balaban J connectivity index is 0.00000172. The van der Waals surface area contributed by atoms with Crippen LogP contribution in [0.15, 0.2) is 47.6 Å². The molecule has 0 atom stereocenters. The molecule has 0 spiro atoms. The molecule has 0 saturated heterocycles. The summed E-state index contributed by atoms with van der Waals surface area (Å²) >= 11 is 0. The Morgan fingerprint density at radius 2 is 1.80 bits per heavy atom. The number of allylic oxidation sites excluding steroid dienone is 3. The van der Waals surface area contributed by atoms with Crippen LogP contribution in [0.25, 0.3) is 0 Å². The molecular formula is C17H26N2O. The molecule has 20 heavy (non-hydrogen) atoms. The van der Waals surface area contributed by atoms with Crippen LogP contribution in [0, 0.1) is 0 Å². The van der Waals surface area contributed by atoms with Gasteiger partial charge in [0.15, 0.2) is 0 Å². The lowest BCUT2D eigenvalue weighted by molar-refractivity contribution is -0.112. The Hall–Kier alpha value is -2.03. The molecule has 3 nitrogen and oxygen atoms in total. The molecule has 0 fully saturated rings. The van der Waals surface area contributed by atoms with E-state index in [2.05, 4.69) is 5.32 Å². The maximum atomic E-state index is 12.0. The largest absolute Gasteiger partial charge is 0.397 e. The van der Waals surface area contributed by atoms with Crippen molar-refractivity contribution in [1.29, 1.82) is 0 Å². The molecule has 0 saturated carbocycles. The molecule has 0 bridgehead atoms. The number of hydrogen-bond acceptors (Lipinski definition) is 2. The summed E-state index contributed by atoms with van der Waals surface area (Å²) in [5.74, 6) is -0.104. The van der Waals surface area contributed by atoms with E-state index in [1.165, 1.54) is 0 Å². The summed E-state index contributed by atoms with van der Waals surface area (Å²) in [4.78, 5) is 12.0. The molecule has 110 valence electrons. The highest BCUT2D eigenvalue weighted by molar-refractivity contribution is 6.05. The second-order valence-electron chi connectivity index (χ2n) is 4.33. The molecule has 1 amide bonds. The third-order valence-corrected chi connectivity index (χ3v) is 2.50. The van der Waals surface area contributed by atoms with Crippen LogP contribution in [0.3, 0.4) is 0 Å². The van der Waals surface area contributed by atoms with Crippen LogP contribution in [0.5, 0.6) is 0 Å². The van der Waals surface area contributed by atoms with Crippen molar-refractivity contribution in [2.24, 2.45) is 0 Å². The Bertz CT molecular complexity index is 484. The zero-order valence-corrected chi connectivity index (χ0v) is 13.2. The third-order valence-electron chi connectivity index (χ3n) is 2.50. The number of carbonyl (C=O) groups is 1. The highest BCUT2D eigenvalue weighted by Crippen LogP contribution is 2.18. The number of hydrogen-bond donors (Lipinski definition) is 2. The van der Waals surface area contributed by atoms with Gasteiger partial charge < -0.3 is 11.1 Å². The minimum absolute atomic E-state index is 0.104. The monoisotopic (exact) mass is 274 g/mol. The fourth-order valence-electron chi connectivity index (χ4n) is 1.43. The summed E-state index contributed by atoms with van der Waals surface area (Å²) in [5, 5.41) is 2.82. The molecule has 0 aliphatic rings. The van der Waals surface area contributed by atoms with Gasteiger partial charge >= 0.3 is 0 Å². The first-order valence-electron chi connectivity index (χ1n) is 7.04. The van der Waals surface area contributed by atoms with Gasteiger partial charge in [-0.25, -0.2) is 0 Å². The van der Waals surface area contributed by atoms with Crippen molar-refractivity contribution < 1.29 is 4.79 Å². The molecule has 1 aromatic rings. The van der Waals surface area contributed by atoms with E-state index in [1.807, 2.05) is 58.9 Å². The molecule has 0 aliphatic heterocycles. The van der Waals surface area contributed by atoms with Crippen LogP contribution >= 0.6 is 0 Å². The van der Waals surface area contributed by atoms with Gasteiger partial charge in [0.05, 0.1) is 11.4 Å². The number of nitrogen functional groups attached to an aromatic ring is 1. The molecule has 0 aliphatic carbocycles. The summed E-state index contributed by atoms with van der Waals surface area (Å²) in [5.41, 5.74) is 8.91. The van der Waals surface area contributed by atoms with Crippen molar-refractivity contribution in [2.75, 3.05) is 11.1 Å². The minimum atomic E-state index is -0.104. The summed E-state index contributed by atoms with van der Waals surface area (Å²) in [6.45, 7) is 9.95. The van der Waals surface area contributed by atoms with E-state index < -0.39 is 0 Å². The second kappa shape index (κ2) is 9.84. The number of para-hydroxylation sites is 2. The van der Waals surface area contributed by atoms with Gasteiger partial charge in [-0.1, -0.05) is 50.6 Å². The van der Waals surface area contributed by atoms with Crippen LogP contribution < -0.4 is 11.1 Å². The van der Waals surface area contributed by atoms with E-state index in [-0.39, 0.29) is 5.91 Å². The van der Waals surface area contributed by atoms with Gasteiger partial charge in [-0.3, -0.25) is 4.79 Å². The molecule has 3 N–H and O–H groups in total. The number of amides is 1. The SMILES string of the molecule is CC.CC/C(=C\C=C(C)C)C(=O)Nc1ccccc1N. The van der Waals surface area contributed by atoms with E-state index in [4.69, 9.17) is 5.73 Å². The molecule has 1 aromatic carbocycles. The average molecular weight is 274 g/mol. The van der Waals surface area contributed by atoms with Gasteiger partial charge in [0.25, 0.3) is 5.91 Å². The Morgan fingerprint density at radius 1 is 1.20 bits per heavy atom. The van der Waals surface area contributed by atoms with Crippen molar-refractivity contribution in [2.45, 2.75) is 41.0 Å². The Morgan fingerprint density at radius 3 is 2.30 bits per heavy atom. The summed E-state index contributed by atoms with van der Waals surface area (Å²) in [6.07, 6.45) is 4.47. The normalized spacial score (nSPS) is 10.2. The minimum Gasteiger partial charge on any atom is -0.397 e. The van der Waals surface area contributed by atoms with Crippen LogP contribution in [0.4, 0.5) is 11.4 Å².